The van der Waals surface area contributed by atoms with Crippen LogP contribution in [-0.4, -0.2) is 47.4 Å². The number of allylic oxidation sites excluding steroid dienone is 5. The number of aliphatic hydroxyl groups is 2. The second kappa shape index (κ2) is 52.7. The Morgan fingerprint density at radius 3 is 1.24 bits per heavy atom. The minimum Gasteiger partial charge on any atom is -0.466 e. The second-order valence-corrected chi connectivity index (χ2v) is 18.9. The average molecular weight is 886 g/mol. The summed E-state index contributed by atoms with van der Waals surface area (Å²) in [5, 5.41) is 23.1. The van der Waals surface area contributed by atoms with E-state index in [2.05, 4.69) is 43.5 Å². The predicted molar refractivity (Wildman–Crippen MR) is 273 cm³/mol. The van der Waals surface area contributed by atoms with Crippen LogP contribution in [0.5, 0.6) is 0 Å². The van der Waals surface area contributed by atoms with Gasteiger partial charge in [-0.3, -0.25) is 9.59 Å². The maximum absolute atomic E-state index is 12.5. The quantitative estimate of drug-likeness (QED) is 0.0321. The Kier molecular flexibility index (Phi) is 51.1. The first kappa shape index (κ1) is 61.1. The Morgan fingerprint density at radius 2 is 0.794 bits per heavy atom. The zero-order chi connectivity index (χ0) is 45.8. The molecule has 6 nitrogen and oxygen atoms in total. The molecule has 0 aromatic heterocycles. The van der Waals surface area contributed by atoms with Crippen LogP contribution < -0.4 is 5.32 Å². The Morgan fingerprint density at radius 1 is 0.444 bits per heavy atom. The summed E-state index contributed by atoms with van der Waals surface area (Å²) in [4.78, 5) is 24.5. The number of amides is 1. The third-order valence-electron chi connectivity index (χ3n) is 12.7. The summed E-state index contributed by atoms with van der Waals surface area (Å²) in [6.07, 6.45) is 64.3. The van der Waals surface area contributed by atoms with Crippen LogP contribution in [0, 0.1) is 0 Å². The van der Waals surface area contributed by atoms with E-state index >= 15 is 0 Å². The van der Waals surface area contributed by atoms with Crippen LogP contribution in [0.15, 0.2) is 36.5 Å². The second-order valence-electron chi connectivity index (χ2n) is 18.9. The highest BCUT2D eigenvalue weighted by atomic mass is 16.5. The van der Waals surface area contributed by atoms with E-state index in [4.69, 9.17) is 4.74 Å². The van der Waals surface area contributed by atoms with Gasteiger partial charge >= 0.3 is 5.97 Å². The third kappa shape index (κ3) is 49.4. The van der Waals surface area contributed by atoms with E-state index in [9.17, 15) is 19.8 Å². The number of carbonyl (C=O) groups excluding carboxylic acids is 2. The van der Waals surface area contributed by atoms with Crippen molar-refractivity contribution < 1.29 is 24.5 Å². The SMILES string of the molecule is CCCCC/C=C\C/C=C\CCCCCCCC(=O)OCCCCCCCCCCCCCCCCC(=O)NC(CO)C(O)/C=C/CCCCCCCCCCCCCCCCC. The number of ether oxygens (including phenoxy) is 1. The summed E-state index contributed by atoms with van der Waals surface area (Å²) in [6, 6.07) is -0.637. The molecule has 0 radical (unpaired) electrons. The van der Waals surface area contributed by atoms with Crippen LogP contribution in [-0.2, 0) is 14.3 Å². The zero-order valence-electron chi connectivity index (χ0n) is 42.1. The molecule has 1 amide bonds. The highest BCUT2D eigenvalue weighted by Gasteiger charge is 2.18. The number of nitrogens with one attached hydrogen (secondary N) is 1. The van der Waals surface area contributed by atoms with E-state index in [1.54, 1.807) is 6.08 Å². The van der Waals surface area contributed by atoms with Crippen molar-refractivity contribution in [2.24, 2.45) is 0 Å². The molecule has 63 heavy (non-hydrogen) atoms. The van der Waals surface area contributed by atoms with E-state index in [1.165, 1.54) is 199 Å². The first-order chi connectivity index (χ1) is 31.0. The summed E-state index contributed by atoms with van der Waals surface area (Å²) in [5.41, 5.74) is 0. The van der Waals surface area contributed by atoms with Gasteiger partial charge < -0.3 is 20.3 Å². The maximum atomic E-state index is 12.5. The van der Waals surface area contributed by atoms with Crippen LogP contribution >= 0.6 is 0 Å². The highest BCUT2D eigenvalue weighted by Crippen LogP contribution is 2.16. The van der Waals surface area contributed by atoms with Crippen molar-refractivity contribution in [1.82, 2.24) is 5.32 Å². The fraction of sp³-hybridized carbons (Fsp3) is 0.860. The third-order valence-corrected chi connectivity index (χ3v) is 12.7. The van der Waals surface area contributed by atoms with Crippen molar-refractivity contribution in [2.75, 3.05) is 13.2 Å². The van der Waals surface area contributed by atoms with E-state index < -0.39 is 12.1 Å². The molecule has 0 rings (SSSR count). The number of esters is 1. The molecule has 0 heterocycles. The summed E-state index contributed by atoms with van der Waals surface area (Å²) >= 11 is 0. The summed E-state index contributed by atoms with van der Waals surface area (Å²) in [6.45, 7) is 4.85. The molecule has 0 aliphatic rings. The molecule has 0 bridgehead atoms. The molecular weight excluding hydrogens is 779 g/mol. The zero-order valence-corrected chi connectivity index (χ0v) is 42.1. The van der Waals surface area contributed by atoms with Gasteiger partial charge in [0.2, 0.25) is 5.91 Å². The molecule has 0 saturated carbocycles. The van der Waals surface area contributed by atoms with Crippen LogP contribution in [0.2, 0.25) is 0 Å². The van der Waals surface area contributed by atoms with Crippen molar-refractivity contribution in [3.63, 3.8) is 0 Å². The predicted octanol–water partition coefficient (Wildman–Crippen LogP) is 16.9. The number of rotatable bonds is 51. The normalized spacial score (nSPS) is 12.9. The Labute approximate surface area is 392 Å². The van der Waals surface area contributed by atoms with Gasteiger partial charge in [-0.1, -0.05) is 249 Å². The van der Waals surface area contributed by atoms with Crippen molar-refractivity contribution in [3.8, 4) is 0 Å². The van der Waals surface area contributed by atoms with Crippen molar-refractivity contribution in [3.05, 3.63) is 36.5 Å². The van der Waals surface area contributed by atoms with Gasteiger partial charge in [0.25, 0.3) is 0 Å². The molecule has 0 aromatic rings. The Bertz CT molecular complexity index is 1020. The fourth-order valence-corrected chi connectivity index (χ4v) is 8.37. The van der Waals surface area contributed by atoms with Gasteiger partial charge in [-0.2, -0.15) is 0 Å². The molecule has 0 aliphatic carbocycles. The molecule has 0 spiro atoms. The molecule has 6 heteroatoms. The molecule has 2 atom stereocenters. The highest BCUT2D eigenvalue weighted by molar-refractivity contribution is 5.76. The summed E-state index contributed by atoms with van der Waals surface area (Å²) in [5.74, 6) is -0.0958. The standard InChI is InChI=1S/C57H107NO5/c1-3-5-7-9-11-13-15-17-19-20-22-25-29-33-37-41-45-49-55(60)54(53-59)58-56(61)50-46-42-38-34-30-26-23-24-28-32-36-40-44-48-52-63-57(62)51-47-43-39-35-31-27-21-18-16-14-12-10-8-6-4-2/h12,14,18,21,45,49,54-55,59-60H,3-11,13,15-17,19-20,22-44,46-48,50-53H2,1-2H3,(H,58,61)/b14-12-,21-18-,49-45+. The van der Waals surface area contributed by atoms with Crippen molar-refractivity contribution >= 4 is 11.9 Å². The monoisotopic (exact) mass is 886 g/mol. The van der Waals surface area contributed by atoms with E-state index in [0.717, 1.165) is 64.2 Å². The van der Waals surface area contributed by atoms with Gasteiger partial charge in [-0.15, -0.1) is 0 Å². The van der Waals surface area contributed by atoms with Gasteiger partial charge in [0.1, 0.15) is 0 Å². The van der Waals surface area contributed by atoms with Gasteiger partial charge in [0.15, 0.2) is 0 Å². The molecule has 0 aliphatic heterocycles. The van der Waals surface area contributed by atoms with Crippen LogP contribution in [0.25, 0.3) is 0 Å². The number of hydrogen-bond donors (Lipinski definition) is 3. The first-order valence-electron chi connectivity index (χ1n) is 27.8. The van der Waals surface area contributed by atoms with Crippen LogP contribution in [0.3, 0.4) is 0 Å². The molecule has 0 aromatic carbocycles. The largest absolute Gasteiger partial charge is 0.466 e. The van der Waals surface area contributed by atoms with Gasteiger partial charge in [-0.05, 0) is 64.2 Å². The molecule has 0 saturated heterocycles. The van der Waals surface area contributed by atoms with Gasteiger partial charge in [0.05, 0.1) is 25.4 Å². The molecule has 370 valence electrons. The van der Waals surface area contributed by atoms with Gasteiger partial charge in [-0.25, -0.2) is 0 Å². The van der Waals surface area contributed by atoms with E-state index in [1.807, 2.05) is 6.08 Å². The van der Waals surface area contributed by atoms with Crippen LogP contribution in [0.1, 0.15) is 290 Å². The minimum absolute atomic E-state index is 0.0176. The summed E-state index contributed by atoms with van der Waals surface area (Å²) < 4.78 is 5.46. The Hall–Kier alpha value is -1.92. The number of unbranched alkanes of at least 4 members (excludes halogenated alkanes) is 36. The minimum atomic E-state index is -0.852. The fourth-order valence-electron chi connectivity index (χ4n) is 8.37. The lowest BCUT2D eigenvalue weighted by atomic mass is 10.0. The van der Waals surface area contributed by atoms with Crippen molar-refractivity contribution in [2.45, 2.75) is 302 Å². The Balaban J connectivity index is 3.49. The molecular formula is C57H107NO5. The molecule has 3 N–H and O–H groups in total. The number of carbonyl (C=O) groups is 2. The topological polar surface area (TPSA) is 95.9 Å². The molecule has 2 unspecified atom stereocenters. The lowest BCUT2D eigenvalue weighted by molar-refractivity contribution is -0.143. The molecule has 0 fully saturated rings. The van der Waals surface area contributed by atoms with E-state index in [-0.39, 0.29) is 18.5 Å². The van der Waals surface area contributed by atoms with E-state index in [0.29, 0.717) is 19.4 Å². The summed E-state index contributed by atoms with van der Waals surface area (Å²) in [7, 11) is 0. The first-order valence-corrected chi connectivity index (χ1v) is 27.8. The number of hydrogen-bond acceptors (Lipinski definition) is 5. The smallest absolute Gasteiger partial charge is 0.305 e. The lowest BCUT2D eigenvalue weighted by Crippen LogP contribution is -2.45. The van der Waals surface area contributed by atoms with Gasteiger partial charge in [0, 0.05) is 12.8 Å². The van der Waals surface area contributed by atoms with Crippen LogP contribution in [0.4, 0.5) is 0 Å². The maximum Gasteiger partial charge on any atom is 0.305 e. The average Bonchev–Trinajstić information content (AvgIpc) is 3.28. The number of aliphatic hydroxyl groups excluding tert-OH is 2. The lowest BCUT2D eigenvalue weighted by Gasteiger charge is -2.20. The van der Waals surface area contributed by atoms with Crippen molar-refractivity contribution in [1.29, 1.82) is 0 Å².